The van der Waals surface area contributed by atoms with Crippen LogP contribution in [0.3, 0.4) is 0 Å². The first-order valence-corrected chi connectivity index (χ1v) is 11.5. The highest BCUT2D eigenvalue weighted by atomic mass is 16.6. The van der Waals surface area contributed by atoms with Gasteiger partial charge in [-0.3, -0.25) is 19.3 Å². The number of rotatable bonds is 7. The molecule has 0 bridgehead atoms. The Kier molecular flexibility index (Phi) is 6.56. The van der Waals surface area contributed by atoms with Crippen molar-refractivity contribution in [1.82, 2.24) is 10.4 Å². The molecule has 0 saturated heterocycles. The molecule has 3 aromatic rings. The Morgan fingerprint density at radius 3 is 2.71 bits per heavy atom. The van der Waals surface area contributed by atoms with Crippen LogP contribution in [0.1, 0.15) is 33.5 Å². The van der Waals surface area contributed by atoms with Gasteiger partial charge in [-0.2, -0.15) is 0 Å². The summed E-state index contributed by atoms with van der Waals surface area (Å²) in [5, 5.41) is 2.90. The summed E-state index contributed by atoms with van der Waals surface area (Å²) in [4.78, 5) is 32.8. The van der Waals surface area contributed by atoms with Gasteiger partial charge >= 0.3 is 0 Å². The lowest BCUT2D eigenvalue weighted by Crippen LogP contribution is -2.41. The van der Waals surface area contributed by atoms with Gasteiger partial charge in [0.25, 0.3) is 11.8 Å². The molecule has 2 amide bonds. The minimum atomic E-state index is -0.600. The number of nitrogens with zero attached hydrogens (tertiary/aromatic N) is 1. The summed E-state index contributed by atoms with van der Waals surface area (Å²) in [5.74, 6) is -0.0413. The number of fused-ring (bicyclic) bond motifs is 2. The van der Waals surface area contributed by atoms with E-state index in [1.54, 1.807) is 18.2 Å². The lowest BCUT2D eigenvalue weighted by atomic mass is 9.99. The number of anilines is 1. The number of benzene rings is 3. The van der Waals surface area contributed by atoms with Gasteiger partial charge in [0.15, 0.2) is 6.10 Å². The van der Waals surface area contributed by atoms with E-state index < -0.39 is 6.10 Å². The van der Waals surface area contributed by atoms with Crippen LogP contribution in [0, 0.1) is 0 Å². The SMILES string of the molecule is O=C(NOCc1ccccc1)c1ccc2c(c1)OC(CCN1CCc3ccccc3C1)C(=O)N2. The highest BCUT2D eigenvalue weighted by Gasteiger charge is 2.29. The smallest absolute Gasteiger partial charge is 0.274 e. The van der Waals surface area contributed by atoms with Crippen molar-refractivity contribution in [2.24, 2.45) is 0 Å². The van der Waals surface area contributed by atoms with E-state index in [0.29, 0.717) is 23.4 Å². The number of nitrogens with one attached hydrogen (secondary N) is 2. The molecule has 0 spiro atoms. The summed E-state index contributed by atoms with van der Waals surface area (Å²) in [6, 6.07) is 23.0. The van der Waals surface area contributed by atoms with Gasteiger partial charge in [-0.1, -0.05) is 54.6 Å². The van der Waals surface area contributed by atoms with Crippen molar-refractivity contribution in [3.05, 3.63) is 95.1 Å². The van der Waals surface area contributed by atoms with Crippen LogP contribution in [0.5, 0.6) is 5.75 Å². The van der Waals surface area contributed by atoms with Crippen molar-refractivity contribution >= 4 is 17.5 Å². The number of carbonyl (C=O) groups is 2. The van der Waals surface area contributed by atoms with Crippen LogP contribution >= 0.6 is 0 Å². The van der Waals surface area contributed by atoms with E-state index >= 15 is 0 Å². The summed E-state index contributed by atoms with van der Waals surface area (Å²) in [7, 11) is 0. The maximum Gasteiger partial charge on any atom is 0.274 e. The molecule has 174 valence electrons. The molecule has 0 saturated carbocycles. The number of ether oxygens (including phenoxy) is 1. The number of hydroxylamine groups is 1. The molecule has 0 aromatic heterocycles. The molecule has 0 radical (unpaired) electrons. The van der Waals surface area contributed by atoms with Crippen LogP contribution in [0.2, 0.25) is 0 Å². The van der Waals surface area contributed by atoms with E-state index in [-0.39, 0.29) is 18.4 Å². The Morgan fingerprint density at radius 2 is 1.85 bits per heavy atom. The van der Waals surface area contributed by atoms with Crippen molar-refractivity contribution < 1.29 is 19.2 Å². The zero-order valence-corrected chi connectivity index (χ0v) is 18.8. The lowest BCUT2D eigenvalue weighted by Gasteiger charge is -2.31. The summed E-state index contributed by atoms with van der Waals surface area (Å²) in [6.45, 7) is 2.88. The maximum atomic E-state index is 12.6. The van der Waals surface area contributed by atoms with Gasteiger partial charge in [0.1, 0.15) is 5.75 Å². The molecule has 0 fully saturated rings. The molecular formula is C27H27N3O4. The molecule has 2 heterocycles. The molecule has 2 N–H and O–H groups in total. The molecule has 5 rings (SSSR count). The van der Waals surface area contributed by atoms with Gasteiger partial charge in [-0.15, -0.1) is 0 Å². The molecule has 2 aliphatic heterocycles. The van der Waals surface area contributed by atoms with Crippen molar-refractivity contribution in [1.29, 1.82) is 0 Å². The normalized spacial score (nSPS) is 17.2. The Morgan fingerprint density at radius 1 is 1.06 bits per heavy atom. The van der Waals surface area contributed by atoms with Gasteiger partial charge in [-0.05, 0) is 41.3 Å². The Labute approximate surface area is 198 Å². The number of hydrogen-bond acceptors (Lipinski definition) is 5. The van der Waals surface area contributed by atoms with Crippen LogP contribution in [-0.4, -0.2) is 35.9 Å². The summed E-state index contributed by atoms with van der Waals surface area (Å²) in [6.07, 6.45) is 0.989. The molecule has 1 atom stereocenters. The largest absolute Gasteiger partial charge is 0.478 e. The first-order valence-electron chi connectivity index (χ1n) is 11.5. The maximum absolute atomic E-state index is 12.6. The van der Waals surface area contributed by atoms with Crippen molar-refractivity contribution in [3.8, 4) is 5.75 Å². The Hall–Kier alpha value is -3.68. The van der Waals surface area contributed by atoms with Crippen molar-refractivity contribution in [3.63, 3.8) is 0 Å². The van der Waals surface area contributed by atoms with Gasteiger partial charge in [0.2, 0.25) is 0 Å². The van der Waals surface area contributed by atoms with Crippen LogP contribution in [-0.2, 0) is 29.2 Å². The second-order valence-electron chi connectivity index (χ2n) is 8.60. The predicted octanol–water partition coefficient (Wildman–Crippen LogP) is 3.70. The van der Waals surface area contributed by atoms with Gasteiger partial charge in [0, 0.05) is 31.6 Å². The molecule has 34 heavy (non-hydrogen) atoms. The summed E-state index contributed by atoms with van der Waals surface area (Å²) >= 11 is 0. The standard InChI is InChI=1S/C27H27N3O4/c31-26(29-33-18-19-6-2-1-3-7-19)21-10-11-23-25(16-21)34-24(27(32)28-23)13-15-30-14-12-20-8-4-5-9-22(20)17-30/h1-11,16,24H,12-15,17-18H2,(H,28,32)(H,29,31). The molecule has 1 unspecified atom stereocenters. The highest BCUT2D eigenvalue weighted by Crippen LogP contribution is 2.31. The van der Waals surface area contributed by atoms with E-state index in [0.717, 1.165) is 31.6 Å². The summed E-state index contributed by atoms with van der Waals surface area (Å²) in [5.41, 5.74) is 7.13. The lowest BCUT2D eigenvalue weighted by molar-refractivity contribution is -0.124. The third-order valence-corrected chi connectivity index (χ3v) is 6.23. The highest BCUT2D eigenvalue weighted by molar-refractivity contribution is 6.00. The summed E-state index contributed by atoms with van der Waals surface area (Å²) < 4.78 is 6.01. The zero-order valence-electron chi connectivity index (χ0n) is 18.8. The van der Waals surface area contributed by atoms with E-state index in [2.05, 4.69) is 40.0 Å². The van der Waals surface area contributed by atoms with Gasteiger partial charge < -0.3 is 10.1 Å². The number of amides is 2. The monoisotopic (exact) mass is 457 g/mol. The molecule has 2 aliphatic rings. The van der Waals surface area contributed by atoms with E-state index in [1.807, 2.05) is 30.3 Å². The van der Waals surface area contributed by atoms with E-state index in [9.17, 15) is 9.59 Å². The zero-order chi connectivity index (χ0) is 23.3. The van der Waals surface area contributed by atoms with Crippen LogP contribution in [0.15, 0.2) is 72.8 Å². The minimum absolute atomic E-state index is 0.159. The Bertz CT molecular complexity index is 1180. The van der Waals surface area contributed by atoms with Crippen LogP contribution in [0.25, 0.3) is 0 Å². The van der Waals surface area contributed by atoms with Gasteiger partial charge in [0.05, 0.1) is 12.3 Å². The average molecular weight is 458 g/mol. The van der Waals surface area contributed by atoms with Crippen molar-refractivity contribution in [2.75, 3.05) is 18.4 Å². The third-order valence-electron chi connectivity index (χ3n) is 6.23. The first kappa shape index (κ1) is 22.1. The topological polar surface area (TPSA) is 79.9 Å². The van der Waals surface area contributed by atoms with Gasteiger partial charge in [-0.25, -0.2) is 5.48 Å². The predicted molar refractivity (Wildman–Crippen MR) is 128 cm³/mol. The van der Waals surface area contributed by atoms with E-state index in [1.165, 1.54) is 11.1 Å². The van der Waals surface area contributed by atoms with Crippen molar-refractivity contribution in [2.45, 2.75) is 32.1 Å². The average Bonchev–Trinajstić information content (AvgIpc) is 2.87. The first-order chi connectivity index (χ1) is 16.7. The molecule has 7 nitrogen and oxygen atoms in total. The molecular weight excluding hydrogens is 430 g/mol. The van der Waals surface area contributed by atoms with Crippen LogP contribution < -0.4 is 15.5 Å². The fourth-order valence-electron chi connectivity index (χ4n) is 4.34. The van der Waals surface area contributed by atoms with E-state index in [4.69, 9.17) is 9.57 Å². The minimum Gasteiger partial charge on any atom is -0.478 e. The quantitative estimate of drug-likeness (QED) is 0.529. The number of carbonyl (C=O) groups excluding carboxylic acids is 2. The van der Waals surface area contributed by atoms with Crippen LogP contribution in [0.4, 0.5) is 5.69 Å². The Balaban J connectivity index is 1.16. The third kappa shape index (κ3) is 5.11. The molecule has 0 aliphatic carbocycles. The number of hydrogen-bond donors (Lipinski definition) is 2. The fraction of sp³-hybridized carbons (Fsp3) is 0.259. The molecule has 7 heteroatoms. The second-order valence-corrected chi connectivity index (χ2v) is 8.60. The fourth-order valence-corrected chi connectivity index (χ4v) is 4.34. The molecule has 3 aromatic carbocycles. The second kappa shape index (κ2) is 10.1.